The molecule has 0 fully saturated rings. The van der Waals surface area contributed by atoms with Crippen LogP contribution in [-0.4, -0.2) is 25.9 Å². The van der Waals surface area contributed by atoms with Gasteiger partial charge in [0.1, 0.15) is 5.82 Å². The molecule has 18 heavy (non-hydrogen) atoms. The Bertz CT molecular complexity index is 483. The molecule has 0 amide bonds. The van der Waals surface area contributed by atoms with Gasteiger partial charge in [-0.05, 0) is 26.5 Å². The summed E-state index contributed by atoms with van der Waals surface area (Å²) in [6, 6.07) is 2.47. The summed E-state index contributed by atoms with van der Waals surface area (Å²) >= 11 is 0. The summed E-state index contributed by atoms with van der Waals surface area (Å²) in [6.45, 7) is 8.89. The predicted octanol–water partition coefficient (Wildman–Crippen LogP) is 1.82. The van der Waals surface area contributed by atoms with Gasteiger partial charge in [0.15, 0.2) is 0 Å². The third kappa shape index (κ3) is 2.98. The summed E-state index contributed by atoms with van der Waals surface area (Å²) in [5.41, 5.74) is 1.07. The molecule has 2 aromatic rings. The van der Waals surface area contributed by atoms with Gasteiger partial charge in [0, 0.05) is 24.6 Å². The fourth-order valence-corrected chi connectivity index (χ4v) is 1.81. The van der Waals surface area contributed by atoms with Crippen LogP contribution in [-0.2, 0) is 13.1 Å². The maximum absolute atomic E-state index is 4.55. The van der Waals surface area contributed by atoms with Gasteiger partial charge in [-0.3, -0.25) is 4.68 Å². The van der Waals surface area contributed by atoms with E-state index in [1.165, 1.54) is 0 Å². The van der Waals surface area contributed by atoms with E-state index in [1.807, 2.05) is 23.3 Å². The molecule has 0 atom stereocenters. The predicted molar refractivity (Wildman–Crippen MR) is 71.3 cm³/mol. The van der Waals surface area contributed by atoms with Crippen molar-refractivity contribution in [3.63, 3.8) is 0 Å². The number of hydrogen-bond donors (Lipinski definition) is 1. The topological polar surface area (TPSA) is 47.7 Å². The van der Waals surface area contributed by atoms with E-state index in [2.05, 4.69) is 46.8 Å². The zero-order valence-corrected chi connectivity index (χ0v) is 11.3. The SMILES string of the molecule is CCNCc1nccn1Cc1ccn(C(C)C)n1. The Balaban J connectivity index is 2.06. The molecule has 5 heteroatoms. The second-order valence-corrected chi connectivity index (χ2v) is 4.63. The first kappa shape index (κ1) is 12.8. The number of aromatic nitrogens is 4. The van der Waals surface area contributed by atoms with Gasteiger partial charge in [0.25, 0.3) is 0 Å². The first-order valence-electron chi connectivity index (χ1n) is 6.45. The second-order valence-electron chi connectivity index (χ2n) is 4.63. The largest absolute Gasteiger partial charge is 0.328 e. The van der Waals surface area contributed by atoms with Crippen molar-refractivity contribution in [2.75, 3.05) is 6.54 Å². The van der Waals surface area contributed by atoms with Crippen LogP contribution in [0, 0.1) is 0 Å². The van der Waals surface area contributed by atoms with E-state index in [1.54, 1.807) is 0 Å². The van der Waals surface area contributed by atoms with E-state index in [4.69, 9.17) is 0 Å². The zero-order valence-electron chi connectivity index (χ0n) is 11.3. The molecule has 2 heterocycles. The van der Waals surface area contributed by atoms with Crippen molar-refractivity contribution in [1.29, 1.82) is 0 Å². The van der Waals surface area contributed by atoms with Gasteiger partial charge in [-0.15, -0.1) is 0 Å². The fraction of sp³-hybridized carbons (Fsp3) is 0.538. The maximum atomic E-state index is 4.55. The average Bonchev–Trinajstić information content (AvgIpc) is 2.96. The molecule has 0 bridgehead atoms. The molecule has 98 valence electrons. The third-order valence-electron chi connectivity index (χ3n) is 2.86. The van der Waals surface area contributed by atoms with E-state index in [9.17, 15) is 0 Å². The lowest BCUT2D eigenvalue weighted by Crippen LogP contribution is -2.16. The molecular weight excluding hydrogens is 226 g/mol. The van der Waals surface area contributed by atoms with Gasteiger partial charge in [0.2, 0.25) is 0 Å². The summed E-state index contributed by atoms with van der Waals surface area (Å²) in [6.07, 6.45) is 5.87. The molecule has 0 unspecified atom stereocenters. The van der Waals surface area contributed by atoms with E-state index in [0.29, 0.717) is 6.04 Å². The van der Waals surface area contributed by atoms with Gasteiger partial charge in [0.05, 0.1) is 18.8 Å². The minimum atomic E-state index is 0.405. The monoisotopic (exact) mass is 247 g/mol. The van der Waals surface area contributed by atoms with Gasteiger partial charge in [-0.2, -0.15) is 5.10 Å². The molecular formula is C13H21N5. The highest BCUT2D eigenvalue weighted by atomic mass is 15.3. The highest BCUT2D eigenvalue weighted by molar-refractivity contribution is 5.03. The Morgan fingerprint density at radius 2 is 2.17 bits per heavy atom. The zero-order chi connectivity index (χ0) is 13.0. The van der Waals surface area contributed by atoms with Crippen molar-refractivity contribution in [1.82, 2.24) is 24.6 Å². The molecule has 2 aromatic heterocycles. The van der Waals surface area contributed by atoms with E-state index in [-0.39, 0.29) is 0 Å². The Morgan fingerprint density at radius 3 is 2.83 bits per heavy atom. The van der Waals surface area contributed by atoms with Gasteiger partial charge >= 0.3 is 0 Å². The first-order valence-corrected chi connectivity index (χ1v) is 6.45. The van der Waals surface area contributed by atoms with E-state index >= 15 is 0 Å². The van der Waals surface area contributed by atoms with Gasteiger partial charge < -0.3 is 9.88 Å². The van der Waals surface area contributed by atoms with Crippen LogP contribution in [0.2, 0.25) is 0 Å². The standard InChI is InChI=1S/C13H21N5/c1-4-14-9-13-15-6-8-17(13)10-12-5-7-18(16-12)11(2)3/h5-8,11,14H,4,9-10H2,1-3H3. The Labute approximate surface area is 108 Å². The minimum absolute atomic E-state index is 0.405. The number of nitrogens with one attached hydrogen (secondary N) is 1. The van der Waals surface area contributed by atoms with Crippen LogP contribution < -0.4 is 5.32 Å². The highest BCUT2D eigenvalue weighted by Crippen LogP contribution is 2.07. The third-order valence-corrected chi connectivity index (χ3v) is 2.86. The number of rotatable bonds is 6. The maximum Gasteiger partial charge on any atom is 0.123 e. The lowest BCUT2D eigenvalue weighted by atomic mass is 10.4. The lowest BCUT2D eigenvalue weighted by Gasteiger charge is -2.07. The van der Waals surface area contributed by atoms with Crippen LogP contribution in [0.25, 0.3) is 0 Å². The van der Waals surface area contributed by atoms with Crippen LogP contribution in [0.1, 0.15) is 38.3 Å². The molecule has 0 aliphatic rings. The van der Waals surface area contributed by atoms with E-state index in [0.717, 1.165) is 31.2 Å². The Kier molecular flexibility index (Phi) is 4.15. The van der Waals surface area contributed by atoms with Crippen LogP contribution >= 0.6 is 0 Å². The van der Waals surface area contributed by atoms with Crippen LogP contribution in [0.4, 0.5) is 0 Å². The van der Waals surface area contributed by atoms with Gasteiger partial charge in [-0.1, -0.05) is 6.92 Å². The van der Waals surface area contributed by atoms with Crippen molar-refractivity contribution < 1.29 is 0 Å². The molecule has 0 radical (unpaired) electrons. The molecule has 0 aliphatic heterocycles. The molecule has 0 aromatic carbocycles. The van der Waals surface area contributed by atoms with Crippen molar-refractivity contribution in [2.45, 2.75) is 39.9 Å². The van der Waals surface area contributed by atoms with E-state index < -0.39 is 0 Å². The summed E-state index contributed by atoms with van der Waals surface area (Å²) in [5, 5.41) is 7.84. The molecule has 0 saturated heterocycles. The van der Waals surface area contributed by atoms with Crippen LogP contribution in [0.5, 0.6) is 0 Å². The Morgan fingerprint density at radius 1 is 1.33 bits per heavy atom. The number of nitrogens with zero attached hydrogens (tertiary/aromatic N) is 4. The molecule has 0 aliphatic carbocycles. The lowest BCUT2D eigenvalue weighted by molar-refractivity contribution is 0.522. The quantitative estimate of drug-likeness (QED) is 0.847. The normalized spacial score (nSPS) is 11.3. The highest BCUT2D eigenvalue weighted by Gasteiger charge is 2.06. The Hall–Kier alpha value is -1.62. The second kappa shape index (κ2) is 5.82. The number of hydrogen-bond acceptors (Lipinski definition) is 3. The molecule has 0 spiro atoms. The minimum Gasteiger partial charge on any atom is -0.328 e. The molecule has 2 rings (SSSR count). The van der Waals surface area contributed by atoms with Gasteiger partial charge in [-0.25, -0.2) is 4.98 Å². The summed E-state index contributed by atoms with van der Waals surface area (Å²) in [7, 11) is 0. The molecule has 5 nitrogen and oxygen atoms in total. The number of imidazole rings is 1. The van der Waals surface area contributed by atoms with Crippen molar-refractivity contribution in [3.05, 3.63) is 36.2 Å². The average molecular weight is 247 g/mol. The van der Waals surface area contributed by atoms with Crippen molar-refractivity contribution in [3.8, 4) is 0 Å². The summed E-state index contributed by atoms with van der Waals surface area (Å²) in [5.74, 6) is 1.05. The molecule has 1 N–H and O–H groups in total. The van der Waals surface area contributed by atoms with Crippen LogP contribution in [0.15, 0.2) is 24.7 Å². The summed E-state index contributed by atoms with van der Waals surface area (Å²) in [4.78, 5) is 4.36. The van der Waals surface area contributed by atoms with Crippen molar-refractivity contribution >= 4 is 0 Å². The summed E-state index contributed by atoms with van der Waals surface area (Å²) < 4.78 is 4.12. The fourth-order valence-electron chi connectivity index (χ4n) is 1.81. The smallest absolute Gasteiger partial charge is 0.123 e. The molecule has 0 saturated carbocycles. The first-order chi connectivity index (χ1) is 8.70. The van der Waals surface area contributed by atoms with Crippen molar-refractivity contribution in [2.24, 2.45) is 0 Å². The van der Waals surface area contributed by atoms with Crippen LogP contribution in [0.3, 0.4) is 0 Å².